The van der Waals surface area contributed by atoms with Crippen molar-refractivity contribution in [2.45, 2.75) is 19.8 Å². The second-order valence-electron chi connectivity index (χ2n) is 5.35. The van der Waals surface area contributed by atoms with Crippen LogP contribution in [0.3, 0.4) is 0 Å². The Bertz CT molecular complexity index is 475. The Morgan fingerprint density at radius 1 is 1.55 bits per heavy atom. The van der Waals surface area contributed by atoms with E-state index in [1.165, 1.54) is 12.8 Å². The van der Waals surface area contributed by atoms with Crippen LogP contribution < -0.4 is 5.32 Å². The summed E-state index contributed by atoms with van der Waals surface area (Å²) in [5, 5.41) is 12.0. The van der Waals surface area contributed by atoms with Crippen LogP contribution in [0.4, 0.5) is 10.2 Å². The number of carboxylic acids is 1. The van der Waals surface area contributed by atoms with Crippen molar-refractivity contribution in [1.82, 2.24) is 9.88 Å². The third-order valence-electron chi connectivity index (χ3n) is 3.47. The number of nitrogens with one attached hydrogen (secondary N) is 1. The molecule has 1 atom stereocenters. The van der Waals surface area contributed by atoms with Gasteiger partial charge in [0.25, 0.3) is 0 Å². The van der Waals surface area contributed by atoms with Crippen LogP contribution in [0.25, 0.3) is 0 Å². The van der Waals surface area contributed by atoms with Crippen LogP contribution in [0.2, 0.25) is 0 Å². The molecule has 20 heavy (non-hydrogen) atoms. The van der Waals surface area contributed by atoms with E-state index in [2.05, 4.69) is 22.1 Å². The highest BCUT2D eigenvalue weighted by atomic mass is 19.1. The van der Waals surface area contributed by atoms with Crippen LogP contribution in [0.15, 0.2) is 12.3 Å². The van der Waals surface area contributed by atoms with E-state index in [4.69, 9.17) is 5.11 Å². The maximum absolute atomic E-state index is 13.0. The number of aromatic nitrogens is 1. The number of hydrogen-bond donors (Lipinski definition) is 2. The van der Waals surface area contributed by atoms with Crippen molar-refractivity contribution in [3.05, 3.63) is 23.6 Å². The monoisotopic (exact) mass is 281 g/mol. The minimum atomic E-state index is -1.17. The van der Waals surface area contributed by atoms with E-state index in [0.717, 1.165) is 31.9 Å². The fourth-order valence-electron chi connectivity index (χ4n) is 2.48. The van der Waals surface area contributed by atoms with Gasteiger partial charge in [0.05, 0.1) is 6.20 Å². The summed E-state index contributed by atoms with van der Waals surface area (Å²) in [6.07, 6.45) is 3.53. The molecule has 1 unspecified atom stereocenters. The number of nitrogens with zero attached hydrogens (tertiary/aromatic N) is 2. The number of carboxylic acid groups (broad SMARTS) is 1. The smallest absolute Gasteiger partial charge is 0.339 e. The van der Waals surface area contributed by atoms with Crippen LogP contribution in [-0.4, -0.2) is 47.1 Å². The molecule has 0 aliphatic carbocycles. The van der Waals surface area contributed by atoms with Crippen molar-refractivity contribution in [2.75, 3.05) is 31.5 Å². The minimum absolute atomic E-state index is 0.127. The summed E-state index contributed by atoms with van der Waals surface area (Å²) in [6.45, 7) is 5.99. The molecule has 0 bridgehead atoms. The summed E-state index contributed by atoms with van der Waals surface area (Å²) in [5.41, 5.74) is -0.127. The summed E-state index contributed by atoms with van der Waals surface area (Å²) < 4.78 is 13.0. The molecule has 5 nitrogen and oxygen atoms in total. The van der Waals surface area contributed by atoms with E-state index in [-0.39, 0.29) is 11.4 Å². The molecule has 0 amide bonds. The lowest BCUT2D eigenvalue weighted by atomic mass is 10.1. The SMILES string of the molecule is CC(CNc1ncc(F)cc1C(=O)O)CN1CCCC1. The standard InChI is InChI=1S/C14H20FN3O2/c1-10(9-18-4-2-3-5-18)7-16-13-12(14(19)20)6-11(15)8-17-13/h6,8,10H,2-5,7,9H2,1H3,(H,16,17)(H,19,20). The third kappa shape index (κ3) is 3.90. The molecule has 0 aromatic carbocycles. The maximum Gasteiger partial charge on any atom is 0.339 e. The Hall–Kier alpha value is -1.69. The van der Waals surface area contributed by atoms with Crippen LogP contribution in [0.5, 0.6) is 0 Å². The van der Waals surface area contributed by atoms with E-state index in [1.807, 2.05) is 0 Å². The van der Waals surface area contributed by atoms with Gasteiger partial charge in [0.2, 0.25) is 0 Å². The van der Waals surface area contributed by atoms with Gasteiger partial charge in [-0.2, -0.15) is 0 Å². The highest BCUT2D eigenvalue weighted by molar-refractivity contribution is 5.93. The van der Waals surface area contributed by atoms with Gasteiger partial charge in [-0.15, -0.1) is 0 Å². The number of likely N-dealkylation sites (tertiary alicyclic amines) is 1. The Morgan fingerprint density at radius 3 is 2.90 bits per heavy atom. The average molecular weight is 281 g/mol. The molecule has 0 radical (unpaired) electrons. The van der Waals surface area contributed by atoms with Crippen LogP contribution in [0, 0.1) is 11.7 Å². The minimum Gasteiger partial charge on any atom is -0.478 e. The summed E-state index contributed by atoms with van der Waals surface area (Å²) in [6, 6.07) is 0.989. The quantitative estimate of drug-likeness (QED) is 0.835. The molecule has 1 saturated heterocycles. The van der Waals surface area contributed by atoms with Crippen molar-refractivity contribution in [1.29, 1.82) is 0 Å². The summed E-state index contributed by atoms with van der Waals surface area (Å²) >= 11 is 0. The predicted molar refractivity (Wildman–Crippen MR) is 74.5 cm³/mol. The Morgan fingerprint density at radius 2 is 2.25 bits per heavy atom. The van der Waals surface area contributed by atoms with E-state index in [1.54, 1.807) is 0 Å². The number of carbonyl (C=O) groups is 1. The van der Waals surface area contributed by atoms with Gasteiger partial charge in [-0.3, -0.25) is 0 Å². The Balaban J connectivity index is 1.91. The van der Waals surface area contributed by atoms with Gasteiger partial charge in [-0.05, 0) is 37.9 Å². The lowest BCUT2D eigenvalue weighted by molar-refractivity contribution is 0.0697. The molecule has 1 aliphatic heterocycles. The molecule has 2 rings (SSSR count). The fraction of sp³-hybridized carbons (Fsp3) is 0.571. The number of anilines is 1. The van der Waals surface area contributed by atoms with Gasteiger partial charge in [-0.25, -0.2) is 14.2 Å². The van der Waals surface area contributed by atoms with Gasteiger partial charge in [0.1, 0.15) is 17.2 Å². The van der Waals surface area contributed by atoms with Gasteiger partial charge in [0.15, 0.2) is 0 Å². The average Bonchev–Trinajstić information content (AvgIpc) is 2.90. The maximum atomic E-state index is 13.0. The molecular formula is C14H20FN3O2. The predicted octanol–water partition coefficient (Wildman–Crippen LogP) is 2.06. The number of aromatic carboxylic acids is 1. The first-order valence-corrected chi connectivity index (χ1v) is 6.91. The molecule has 2 heterocycles. The van der Waals surface area contributed by atoms with E-state index in [9.17, 15) is 9.18 Å². The van der Waals surface area contributed by atoms with Gasteiger partial charge in [0, 0.05) is 13.1 Å². The number of pyridine rings is 1. The van der Waals surface area contributed by atoms with E-state index in [0.29, 0.717) is 12.5 Å². The van der Waals surface area contributed by atoms with E-state index < -0.39 is 11.8 Å². The number of rotatable bonds is 6. The number of halogens is 1. The van der Waals surface area contributed by atoms with Gasteiger partial charge < -0.3 is 15.3 Å². The molecule has 0 saturated carbocycles. The second-order valence-corrected chi connectivity index (χ2v) is 5.35. The zero-order valence-corrected chi connectivity index (χ0v) is 11.6. The van der Waals surface area contributed by atoms with Crippen molar-refractivity contribution < 1.29 is 14.3 Å². The lowest BCUT2D eigenvalue weighted by Crippen LogP contribution is -2.29. The first-order valence-electron chi connectivity index (χ1n) is 6.91. The molecule has 1 aliphatic rings. The molecule has 2 N–H and O–H groups in total. The summed E-state index contributed by atoms with van der Waals surface area (Å²) in [4.78, 5) is 17.3. The molecule has 1 fully saturated rings. The van der Waals surface area contributed by atoms with Gasteiger partial charge in [-0.1, -0.05) is 6.92 Å². The highest BCUT2D eigenvalue weighted by Crippen LogP contribution is 2.15. The van der Waals surface area contributed by atoms with Gasteiger partial charge >= 0.3 is 5.97 Å². The third-order valence-corrected chi connectivity index (χ3v) is 3.47. The summed E-state index contributed by atoms with van der Waals surface area (Å²) in [7, 11) is 0. The van der Waals surface area contributed by atoms with Crippen molar-refractivity contribution >= 4 is 11.8 Å². The Kier molecular flexibility index (Phi) is 4.89. The zero-order valence-electron chi connectivity index (χ0n) is 11.6. The number of hydrogen-bond acceptors (Lipinski definition) is 4. The van der Waals surface area contributed by atoms with E-state index >= 15 is 0 Å². The molecule has 110 valence electrons. The molecule has 1 aromatic heterocycles. The van der Waals surface area contributed by atoms with Crippen molar-refractivity contribution in [3.63, 3.8) is 0 Å². The first-order chi connectivity index (χ1) is 9.56. The topological polar surface area (TPSA) is 65.5 Å². The molecule has 6 heteroatoms. The normalized spacial score (nSPS) is 17.1. The van der Waals surface area contributed by atoms with Crippen LogP contribution in [-0.2, 0) is 0 Å². The Labute approximate surface area is 117 Å². The van der Waals surface area contributed by atoms with Crippen LogP contribution >= 0.6 is 0 Å². The fourth-order valence-corrected chi connectivity index (χ4v) is 2.48. The van der Waals surface area contributed by atoms with Crippen molar-refractivity contribution in [3.8, 4) is 0 Å². The zero-order chi connectivity index (χ0) is 14.5. The molecular weight excluding hydrogens is 261 g/mol. The summed E-state index contributed by atoms with van der Waals surface area (Å²) in [5.74, 6) is -1.21. The second kappa shape index (κ2) is 6.65. The largest absolute Gasteiger partial charge is 0.478 e. The highest BCUT2D eigenvalue weighted by Gasteiger charge is 2.16. The molecule has 0 spiro atoms. The molecule has 1 aromatic rings. The van der Waals surface area contributed by atoms with Crippen LogP contribution in [0.1, 0.15) is 30.1 Å². The first kappa shape index (κ1) is 14.7. The lowest BCUT2D eigenvalue weighted by Gasteiger charge is -2.21. The van der Waals surface area contributed by atoms with Crippen molar-refractivity contribution in [2.24, 2.45) is 5.92 Å².